The van der Waals surface area contributed by atoms with Gasteiger partial charge in [0, 0.05) is 30.9 Å². The first-order chi connectivity index (χ1) is 8.96. The maximum atomic E-state index is 12.1. The molecule has 0 bridgehead atoms. The highest BCUT2D eigenvalue weighted by atomic mass is 32.2. The summed E-state index contributed by atoms with van der Waals surface area (Å²) in [6.45, 7) is 8.82. The zero-order valence-electron chi connectivity index (χ0n) is 11.7. The van der Waals surface area contributed by atoms with E-state index in [0.717, 1.165) is 13.1 Å². The molecular formula is C11H23N5O2S. The third kappa shape index (κ3) is 4.00. The van der Waals surface area contributed by atoms with E-state index < -0.39 is 10.0 Å². The summed E-state index contributed by atoms with van der Waals surface area (Å²) < 4.78 is 26.8. The molecule has 7 nitrogen and oxygen atoms in total. The van der Waals surface area contributed by atoms with Gasteiger partial charge in [-0.05, 0) is 20.0 Å². The lowest BCUT2D eigenvalue weighted by Gasteiger charge is -2.17. The molecule has 0 aliphatic rings. The number of nitrogens with one attached hydrogen (secondary N) is 2. The molecular weight excluding hydrogens is 266 g/mol. The molecule has 0 spiro atoms. The lowest BCUT2D eigenvalue weighted by atomic mass is 10.3. The van der Waals surface area contributed by atoms with Crippen LogP contribution in [-0.2, 0) is 16.6 Å². The van der Waals surface area contributed by atoms with Crippen LogP contribution in [0.4, 0.5) is 0 Å². The van der Waals surface area contributed by atoms with Crippen LogP contribution in [0.5, 0.6) is 0 Å². The number of rotatable bonds is 8. The first kappa shape index (κ1) is 16.1. The van der Waals surface area contributed by atoms with Crippen LogP contribution in [0.2, 0.25) is 0 Å². The summed E-state index contributed by atoms with van der Waals surface area (Å²) in [5.41, 5.74) is 6.78. The summed E-state index contributed by atoms with van der Waals surface area (Å²) in [5, 5.41) is 6.49. The van der Waals surface area contributed by atoms with E-state index in [1.54, 1.807) is 6.92 Å². The first-order valence-corrected chi connectivity index (χ1v) is 7.90. The minimum atomic E-state index is -3.59. The number of H-pyrrole nitrogens is 1. The molecule has 0 radical (unpaired) electrons. The van der Waals surface area contributed by atoms with Crippen molar-refractivity contribution >= 4 is 10.0 Å². The van der Waals surface area contributed by atoms with E-state index in [2.05, 4.69) is 19.8 Å². The second-order valence-electron chi connectivity index (χ2n) is 4.26. The van der Waals surface area contributed by atoms with Crippen molar-refractivity contribution in [3.05, 3.63) is 11.3 Å². The van der Waals surface area contributed by atoms with Gasteiger partial charge < -0.3 is 10.6 Å². The number of aryl methyl sites for hydroxylation is 1. The molecule has 1 rings (SSSR count). The molecule has 1 aromatic rings. The zero-order valence-corrected chi connectivity index (χ0v) is 12.5. The average Bonchev–Trinajstić information content (AvgIpc) is 2.76. The van der Waals surface area contributed by atoms with Crippen molar-refractivity contribution in [2.75, 3.05) is 26.2 Å². The minimum Gasteiger partial charge on any atom is -0.326 e. The molecule has 0 atom stereocenters. The van der Waals surface area contributed by atoms with E-state index in [4.69, 9.17) is 5.73 Å². The number of hydrogen-bond donors (Lipinski definition) is 3. The Bertz CT molecular complexity index is 493. The number of nitrogens with two attached hydrogens (primary N) is 1. The molecule has 1 heterocycles. The summed E-state index contributed by atoms with van der Waals surface area (Å²) in [4.78, 5) is 2.14. The normalized spacial score (nSPS) is 12.3. The molecule has 0 saturated heterocycles. The molecule has 8 heteroatoms. The van der Waals surface area contributed by atoms with E-state index in [1.807, 2.05) is 13.8 Å². The summed E-state index contributed by atoms with van der Waals surface area (Å²) in [6.07, 6.45) is 0. The predicted octanol–water partition coefficient (Wildman–Crippen LogP) is -0.203. The van der Waals surface area contributed by atoms with Gasteiger partial charge in [0.2, 0.25) is 0 Å². The molecule has 0 saturated carbocycles. The lowest BCUT2D eigenvalue weighted by molar-refractivity contribution is 0.309. The largest absolute Gasteiger partial charge is 0.326 e. The van der Waals surface area contributed by atoms with Crippen molar-refractivity contribution in [2.24, 2.45) is 5.73 Å². The number of aromatic amines is 1. The molecule has 0 aliphatic heterocycles. The van der Waals surface area contributed by atoms with Gasteiger partial charge in [-0.25, -0.2) is 13.1 Å². The Hall–Kier alpha value is -0.960. The van der Waals surface area contributed by atoms with Crippen molar-refractivity contribution in [1.29, 1.82) is 0 Å². The summed E-state index contributed by atoms with van der Waals surface area (Å²) >= 11 is 0. The number of likely N-dealkylation sites (N-methyl/N-ethyl adjacent to an activating group) is 1. The van der Waals surface area contributed by atoms with Gasteiger partial charge in [0.05, 0.1) is 0 Å². The fraction of sp³-hybridized carbons (Fsp3) is 0.727. The van der Waals surface area contributed by atoms with Crippen LogP contribution in [0.15, 0.2) is 5.03 Å². The number of sulfonamides is 1. The van der Waals surface area contributed by atoms with Crippen molar-refractivity contribution in [2.45, 2.75) is 32.3 Å². The van der Waals surface area contributed by atoms with Crippen molar-refractivity contribution < 1.29 is 8.42 Å². The van der Waals surface area contributed by atoms with Gasteiger partial charge in [-0.3, -0.25) is 5.10 Å². The third-order valence-corrected chi connectivity index (χ3v) is 4.54. The fourth-order valence-electron chi connectivity index (χ4n) is 1.84. The van der Waals surface area contributed by atoms with Crippen molar-refractivity contribution in [1.82, 2.24) is 19.8 Å². The van der Waals surface area contributed by atoms with Crippen molar-refractivity contribution in [3.63, 3.8) is 0 Å². The Labute approximate surface area is 114 Å². The van der Waals surface area contributed by atoms with E-state index in [9.17, 15) is 8.42 Å². The molecule has 0 aliphatic carbocycles. The maximum Gasteiger partial charge on any atom is 0.260 e. The molecule has 4 N–H and O–H groups in total. The maximum absolute atomic E-state index is 12.1. The highest BCUT2D eigenvalue weighted by molar-refractivity contribution is 7.89. The monoisotopic (exact) mass is 289 g/mol. The topological polar surface area (TPSA) is 104 Å². The van der Waals surface area contributed by atoms with Crippen LogP contribution in [0.25, 0.3) is 0 Å². The first-order valence-electron chi connectivity index (χ1n) is 6.42. The van der Waals surface area contributed by atoms with E-state index in [0.29, 0.717) is 24.3 Å². The molecule has 0 aromatic carbocycles. The standard InChI is InChI=1S/C11H23N5O2S/c1-4-16(5-2)7-6-13-19(17,18)11-10(8-12)9(3)14-15-11/h13H,4-8,12H2,1-3H3,(H,14,15). The summed E-state index contributed by atoms with van der Waals surface area (Å²) in [5.74, 6) is 0. The second-order valence-corrected chi connectivity index (χ2v) is 5.94. The van der Waals surface area contributed by atoms with Crippen LogP contribution in [0, 0.1) is 6.92 Å². The van der Waals surface area contributed by atoms with Gasteiger partial charge in [0.15, 0.2) is 5.03 Å². The van der Waals surface area contributed by atoms with Crippen LogP contribution < -0.4 is 10.5 Å². The van der Waals surface area contributed by atoms with E-state index in [-0.39, 0.29) is 11.6 Å². The molecule has 0 unspecified atom stereocenters. The van der Waals surface area contributed by atoms with Crippen LogP contribution in [-0.4, -0.2) is 49.7 Å². The molecule has 19 heavy (non-hydrogen) atoms. The van der Waals surface area contributed by atoms with Gasteiger partial charge in [0.1, 0.15) is 0 Å². The Balaban J connectivity index is 2.71. The zero-order chi connectivity index (χ0) is 14.5. The van der Waals surface area contributed by atoms with E-state index >= 15 is 0 Å². The van der Waals surface area contributed by atoms with Crippen LogP contribution in [0.1, 0.15) is 25.1 Å². The third-order valence-electron chi connectivity index (χ3n) is 3.11. The van der Waals surface area contributed by atoms with Gasteiger partial charge in [-0.15, -0.1) is 0 Å². The molecule has 1 aromatic heterocycles. The summed E-state index contributed by atoms with van der Waals surface area (Å²) in [6, 6.07) is 0. The van der Waals surface area contributed by atoms with Gasteiger partial charge >= 0.3 is 0 Å². The van der Waals surface area contributed by atoms with Gasteiger partial charge in [-0.2, -0.15) is 5.10 Å². The van der Waals surface area contributed by atoms with Gasteiger partial charge in [-0.1, -0.05) is 13.8 Å². The average molecular weight is 289 g/mol. The SMILES string of the molecule is CCN(CC)CCNS(=O)(=O)c1n[nH]c(C)c1CN. The Kier molecular flexibility index (Phi) is 5.92. The Morgan fingerprint density at radius 2 is 2.00 bits per heavy atom. The number of nitrogens with zero attached hydrogens (tertiary/aromatic N) is 2. The highest BCUT2D eigenvalue weighted by Gasteiger charge is 2.22. The quantitative estimate of drug-likeness (QED) is 0.614. The fourth-order valence-corrected chi connectivity index (χ4v) is 3.06. The van der Waals surface area contributed by atoms with Gasteiger partial charge in [0.25, 0.3) is 10.0 Å². The molecule has 0 fully saturated rings. The summed E-state index contributed by atoms with van der Waals surface area (Å²) in [7, 11) is -3.59. The number of hydrogen-bond acceptors (Lipinski definition) is 5. The molecule has 110 valence electrons. The Morgan fingerprint density at radius 3 is 2.53 bits per heavy atom. The molecule has 0 amide bonds. The van der Waals surface area contributed by atoms with Crippen LogP contribution >= 0.6 is 0 Å². The van der Waals surface area contributed by atoms with Crippen LogP contribution in [0.3, 0.4) is 0 Å². The Morgan fingerprint density at radius 1 is 1.37 bits per heavy atom. The highest BCUT2D eigenvalue weighted by Crippen LogP contribution is 2.14. The minimum absolute atomic E-state index is 0.00652. The van der Waals surface area contributed by atoms with E-state index in [1.165, 1.54) is 0 Å². The lowest BCUT2D eigenvalue weighted by Crippen LogP contribution is -2.35. The van der Waals surface area contributed by atoms with Crippen molar-refractivity contribution in [3.8, 4) is 0 Å². The smallest absolute Gasteiger partial charge is 0.260 e. The second kappa shape index (κ2) is 6.99. The predicted molar refractivity (Wildman–Crippen MR) is 74.2 cm³/mol. The number of aromatic nitrogens is 2.